The van der Waals surface area contributed by atoms with Crippen molar-refractivity contribution >= 4 is 0 Å². The molecule has 0 aliphatic carbocycles. The van der Waals surface area contributed by atoms with Gasteiger partial charge in [0.15, 0.2) is 11.5 Å². The van der Waals surface area contributed by atoms with Crippen molar-refractivity contribution in [3.8, 4) is 17.2 Å². The Labute approximate surface area is 126 Å². The molecule has 1 heterocycles. The third-order valence-corrected chi connectivity index (χ3v) is 3.17. The van der Waals surface area contributed by atoms with Crippen molar-refractivity contribution < 1.29 is 18.9 Å². The SMILES string of the molecule is CC(=CCCOc1ccc2c(c1)OCO2)CCOC(C)C. The summed E-state index contributed by atoms with van der Waals surface area (Å²) < 4.78 is 21.8. The molecule has 116 valence electrons. The van der Waals surface area contributed by atoms with E-state index in [4.69, 9.17) is 18.9 Å². The molecular formula is C17H24O4. The molecule has 0 aromatic heterocycles. The lowest BCUT2D eigenvalue weighted by Gasteiger charge is -2.08. The Hall–Kier alpha value is -1.68. The molecule has 0 atom stereocenters. The summed E-state index contributed by atoms with van der Waals surface area (Å²) in [6, 6.07) is 5.65. The molecule has 1 aliphatic rings. The lowest BCUT2D eigenvalue weighted by molar-refractivity contribution is 0.0813. The second kappa shape index (κ2) is 7.93. The van der Waals surface area contributed by atoms with Gasteiger partial charge in [-0.2, -0.15) is 0 Å². The van der Waals surface area contributed by atoms with Crippen LogP contribution in [-0.2, 0) is 4.74 Å². The molecule has 1 aromatic rings. The zero-order valence-electron chi connectivity index (χ0n) is 13.1. The zero-order chi connectivity index (χ0) is 15.1. The summed E-state index contributed by atoms with van der Waals surface area (Å²) in [5, 5.41) is 0. The van der Waals surface area contributed by atoms with Crippen molar-refractivity contribution in [3.63, 3.8) is 0 Å². The molecular weight excluding hydrogens is 268 g/mol. The number of benzene rings is 1. The van der Waals surface area contributed by atoms with Crippen LogP contribution in [-0.4, -0.2) is 26.1 Å². The average Bonchev–Trinajstić information content (AvgIpc) is 2.90. The number of fused-ring (bicyclic) bond motifs is 1. The Balaban J connectivity index is 1.67. The maximum atomic E-state index is 5.71. The normalized spacial score (nSPS) is 13.8. The van der Waals surface area contributed by atoms with Crippen LogP contribution >= 0.6 is 0 Å². The summed E-state index contributed by atoms with van der Waals surface area (Å²) in [5.41, 5.74) is 1.34. The van der Waals surface area contributed by atoms with E-state index in [-0.39, 0.29) is 0 Å². The molecule has 21 heavy (non-hydrogen) atoms. The summed E-state index contributed by atoms with van der Waals surface area (Å²) in [6.45, 7) is 7.96. The molecule has 0 spiro atoms. The average molecular weight is 292 g/mol. The molecule has 0 unspecified atom stereocenters. The van der Waals surface area contributed by atoms with Crippen molar-refractivity contribution in [1.29, 1.82) is 0 Å². The smallest absolute Gasteiger partial charge is 0.231 e. The Morgan fingerprint density at radius 3 is 2.86 bits per heavy atom. The lowest BCUT2D eigenvalue weighted by atomic mass is 10.2. The first-order valence-corrected chi connectivity index (χ1v) is 7.45. The van der Waals surface area contributed by atoms with Crippen LogP contribution in [0, 0.1) is 0 Å². The Morgan fingerprint density at radius 2 is 2.05 bits per heavy atom. The van der Waals surface area contributed by atoms with Gasteiger partial charge in [-0.15, -0.1) is 0 Å². The van der Waals surface area contributed by atoms with E-state index in [9.17, 15) is 0 Å². The second-order valence-electron chi connectivity index (χ2n) is 5.37. The number of hydrogen-bond acceptors (Lipinski definition) is 4. The van der Waals surface area contributed by atoms with Gasteiger partial charge < -0.3 is 18.9 Å². The third-order valence-electron chi connectivity index (χ3n) is 3.17. The summed E-state index contributed by atoms with van der Waals surface area (Å²) in [4.78, 5) is 0. The maximum absolute atomic E-state index is 5.71. The van der Waals surface area contributed by atoms with Crippen molar-refractivity contribution in [2.24, 2.45) is 0 Å². The number of hydrogen-bond donors (Lipinski definition) is 0. The summed E-state index contributed by atoms with van der Waals surface area (Å²) in [6.07, 6.45) is 4.37. The van der Waals surface area contributed by atoms with Gasteiger partial charge in [-0.05, 0) is 45.7 Å². The Morgan fingerprint density at radius 1 is 1.24 bits per heavy atom. The molecule has 1 aliphatic heterocycles. The minimum absolute atomic E-state index is 0.291. The minimum atomic E-state index is 0.291. The molecule has 4 heteroatoms. The molecule has 0 saturated carbocycles. The van der Waals surface area contributed by atoms with Crippen LogP contribution in [0.2, 0.25) is 0 Å². The van der Waals surface area contributed by atoms with Gasteiger partial charge >= 0.3 is 0 Å². The van der Waals surface area contributed by atoms with Gasteiger partial charge in [0.2, 0.25) is 6.79 Å². The predicted molar refractivity (Wildman–Crippen MR) is 82.1 cm³/mol. The highest BCUT2D eigenvalue weighted by Gasteiger charge is 2.13. The van der Waals surface area contributed by atoms with Crippen LogP contribution in [0.5, 0.6) is 17.2 Å². The first-order valence-electron chi connectivity index (χ1n) is 7.45. The minimum Gasteiger partial charge on any atom is -0.493 e. The van der Waals surface area contributed by atoms with Gasteiger partial charge in [0.25, 0.3) is 0 Å². The molecule has 0 amide bonds. The van der Waals surface area contributed by atoms with E-state index in [1.54, 1.807) is 0 Å². The van der Waals surface area contributed by atoms with Gasteiger partial charge in [-0.25, -0.2) is 0 Å². The van der Waals surface area contributed by atoms with Crippen molar-refractivity contribution in [2.75, 3.05) is 20.0 Å². The highest BCUT2D eigenvalue weighted by molar-refractivity contribution is 5.46. The quantitative estimate of drug-likeness (QED) is 0.537. The van der Waals surface area contributed by atoms with Gasteiger partial charge in [-0.1, -0.05) is 11.6 Å². The van der Waals surface area contributed by atoms with Crippen LogP contribution in [0.25, 0.3) is 0 Å². The van der Waals surface area contributed by atoms with Crippen LogP contribution in [0.1, 0.15) is 33.6 Å². The fourth-order valence-corrected chi connectivity index (χ4v) is 2.01. The predicted octanol–water partition coefficient (Wildman–Crippen LogP) is 3.95. The highest BCUT2D eigenvalue weighted by atomic mass is 16.7. The maximum Gasteiger partial charge on any atom is 0.231 e. The van der Waals surface area contributed by atoms with Crippen molar-refractivity contribution in [1.82, 2.24) is 0 Å². The lowest BCUT2D eigenvalue weighted by Crippen LogP contribution is -2.04. The van der Waals surface area contributed by atoms with E-state index in [1.807, 2.05) is 18.2 Å². The fourth-order valence-electron chi connectivity index (χ4n) is 2.01. The largest absolute Gasteiger partial charge is 0.493 e. The van der Waals surface area contributed by atoms with Crippen molar-refractivity contribution in [3.05, 3.63) is 29.8 Å². The molecule has 0 bridgehead atoms. The van der Waals surface area contributed by atoms with E-state index in [0.29, 0.717) is 19.5 Å². The van der Waals surface area contributed by atoms with E-state index < -0.39 is 0 Å². The van der Waals surface area contributed by atoms with Gasteiger partial charge in [0.1, 0.15) is 5.75 Å². The second-order valence-corrected chi connectivity index (χ2v) is 5.37. The summed E-state index contributed by atoms with van der Waals surface area (Å²) in [5.74, 6) is 2.35. The van der Waals surface area contributed by atoms with Crippen molar-refractivity contribution in [2.45, 2.75) is 39.7 Å². The van der Waals surface area contributed by atoms with Gasteiger partial charge in [0.05, 0.1) is 19.3 Å². The van der Waals surface area contributed by atoms with Crippen LogP contribution < -0.4 is 14.2 Å². The Bertz CT molecular complexity index is 480. The molecule has 0 N–H and O–H groups in total. The van der Waals surface area contributed by atoms with E-state index >= 15 is 0 Å². The molecule has 0 saturated heterocycles. The molecule has 1 aromatic carbocycles. The zero-order valence-corrected chi connectivity index (χ0v) is 13.1. The number of rotatable bonds is 8. The van der Waals surface area contributed by atoms with Gasteiger partial charge in [0, 0.05) is 6.07 Å². The molecule has 2 rings (SSSR count). The van der Waals surface area contributed by atoms with E-state index in [1.165, 1.54) is 5.57 Å². The topological polar surface area (TPSA) is 36.9 Å². The summed E-state index contributed by atoms with van der Waals surface area (Å²) in [7, 11) is 0. The van der Waals surface area contributed by atoms with Gasteiger partial charge in [-0.3, -0.25) is 0 Å². The summed E-state index contributed by atoms with van der Waals surface area (Å²) >= 11 is 0. The molecule has 0 radical (unpaired) electrons. The van der Waals surface area contributed by atoms with E-state index in [2.05, 4.69) is 26.8 Å². The molecule has 4 nitrogen and oxygen atoms in total. The first kappa shape index (κ1) is 15.7. The fraction of sp³-hybridized carbons (Fsp3) is 0.529. The third kappa shape index (κ3) is 5.31. The molecule has 0 fully saturated rings. The first-order chi connectivity index (χ1) is 10.1. The standard InChI is InChI=1S/C17H24O4/c1-13(2)18-10-8-14(3)5-4-9-19-15-6-7-16-17(11-15)21-12-20-16/h5-7,11,13H,4,8-10,12H2,1-3H3. The number of ether oxygens (including phenoxy) is 4. The van der Waals surface area contributed by atoms with Crippen LogP contribution in [0.3, 0.4) is 0 Å². The Kier molecular flexibility index (Phi) is 5.93. The monoisotopic (exact) mass is 292 g/mol. The highest BCUT2D eigenvalue weighted by Crippen LogP contribution is 2.35. The van der Waals surface area contributed by atoms with Crippen LogP contribution in [0.4, 0.5) is 0 Å². The van der Waals surface area contributed by atoms with Crippen LogP contribution in [0.15, 0.2) is 29.8 Å². The van der Waals surface area contributed by atoms with E-state index in [0.717, 1.165) is 36.7 Å².